The van der Waals surface area contributed by atoms with Gasteiger partial charge in [0.25, 0.3) is 5.91 Å². The van der Waals surface area contributed by atoms with Crippen molar-refractivity contribution in [2.45, 2.75) is 19.4 Å². The lowest BCUT2D eigenvalue weighted by Crippen LogP contribution is -2.40. The van der Waals surface area contributed by atoms with Crippen molar-refractivity contribution in [3.05, 3.63) is 24.3 Å². The number of nitrogen functional groups attached to an aromatic ring is 1. The average molecular weight is 219 g/mol. The number of carbonyl (C=O) groups is 2. The highest BCUT2D eigenvalue weighted by Gasteiger charge is 2.44. The summed E-state index contributed by atoms with van der Waals surface area (Å²) in [5, 5.41) is 2.61. The van der Waals surface area contributed by atoms with E-state index in [1.54, 1.807) is 38.1 Å². The SMILES string of the molecule is CC1(C)NC(=O)N(c2cccc(N)c2)C1=O. The summed E-state index contributed by atoms with van der Waals surface area (Å²) in [5.74, 6) is -0.275. The van der Waals surface area contributed by atoms with Crippen molar-refractivity contribution >= 4 is 23.3 Å². The lowest BCUT2D eigenvalue weighted by Gasteiger charge is -2.16. The monoisotopic (exact) mass is 219 g/mol. The molecule has 2 rings (SSSR count). The number of nitrogens with zero attached hydrogens (tertiary/aromatic N) is 1. The van der Waals surface area contributed by atoms with E-state index in [2.05, 4.69) is 5.32 Å². The van der Waals surface area contributed by atoms with Crippen LogP contribution in [0.15, 0.2) is 24.3 Å². The van der Waals surface area contributed by atoms with Crippen molar-refractivity contribution in [1.29, 1.82) is 0 Å². The summed E-state index contributed by atoms with van der Waals surface area (Å²) >= 11 is 0. The van der Waals surface area contributed by atoms with Gasteiger partial charge in [0.1, 0.15) is 5.54 Å². The Kier molecular flexibility index (Phi) is 2.11. The van der Waals surface area contributed by atoms with Gasteiger partial charge in [-0.15, -0.1) is 0 Å². The summed E-state index contributed by atoms with van der Waals surface area (Å²) in [5.41, 5.74) is 5.77. The quantitative estimate of drug-likeness (QED) is 0.548. The third-order valence-electron chi connectivity index (χ3n) is 2.49. The van der Waals surface area contributed by atoms with Crippen LogP contribution in [0.3, 0.4) is 0 Å². The lowest BCUT2D eigenvalue weighted by atomic mass is 10.1. The van der Waals surface area contributed by atoms with Crippen molar-refractivity contribution < 1.29 is 9.59 Å². The van der Waals surface area contributed by atoms with Crippen LogP contribution >= 0.6 is 0 Å². The van der Waals surface area contributed by atoms with E-state index >= 15 is 0 Å². The molecule has 1 saturated heterocycles. The summed E-state index contributed by atoms with van der Waals surface area (Å²) in [4.78, 5) is 24.7. The minimum absolute atomic E-state index is 0.275. The number of hydrogen-bond donors (Lipinski definition) is 2. The Hall–Kier alpha value is -2.04. The highest BCUT2D eigenvalue weighted by atomic mass is 16.2. The van der Waals surface area contributed by atoms with Crippen molar-refractivity contribution in [1.82, 2.24) is 5.32 Å². The smallest absolute Gasteiger partial charge is 0.329 e. The molecule has 1 aliphatic rings. The van der Waals surface area contributed by atoms with Gasteiger partial charge in [-0.05, 0) is 32.0 Å². The van der Waals surface area contributed by atoms with Gasteiger partial charge in [0.15, 0.2) is 0 Å². The molecule has 0 bridgehead atoms. The van der Waals surface area contributed by atoms with Crippen LogP contribution in [-0.2, 0) is 4.79 Å². The van der Waals surface area contributed by atoms with E-state index in [4.69, 9.17) is 5.73 Å². The fourth-order valence-electron chi connectivity index (χ4n) is 1.65. The number of hydrogen-bond acceptors (Lipinski definition) is 3. The lowest BCUT2D eigenvalue weighted by molar-refractivity contribution is -0.120. The van der Waals surface area contributed by atoms with E-state index in [1.807, 2.05) is 0 Å². The van der Waals surface area contributed by atoms with E-state index in [0.717, 1.165) is 4.90 Å². The Labute approximate surface area is 93.2 Å². The highest BCUT2D eigenvalue weighted by molar-refractivity contribution is 6.23. The molecule has 16 heavy (non-hydrogen) atoms. The van der Waals surface area contributed by atoms with Crippen molar-refractivity contribution in [2.24, 2.45) is 0 Å². The molecule has 1 aromatic rings. The predicted molar refractivity (Wildman–Crippen MR) is 61.0 cm³/mol. The van der Waals surface area contributed by atoms with Crippen molar-refractivity contribution in [2.75, 3.05) is 10.6 Å². The summed E-state index contributed by atoms with van der Waals surface area (Å²) in [7, 11) is 0. The third-order valence-corrected chi connectivity index (χ3v) is 2.49. The molecule has 1 aromatic carbocycles. The van der Waals surface area contributed by atoms with Crippen LogP contribution < -0.4 is 16.0 Å². The molecule has 5 heteroatoms. The number of carbonyl (C=O) groups excluding carboxylic acids is 2. The van der Waals surface area contributed by atoms with Crippen LogP contribution in [0, 0.1) is 0 Å². The van der Waals surface area contributed by atoms with Crippen LogP contribution in [0.5, 0.6) is 0 Å². The first-order valence-electron chi connectivity index (χ1n) is 4.94. The van der Waals surface area contributed by atoms with E-state index in [9.17, 15) is 9.59 Å². The minimum Gasteiger partial charge on any atom is -0.399 e. The summed E-state index contributed by atoms with van der Waals surface area (Å²) in [6.45, 7) is 3.33. The fraction of sp³-hybridized carbons (Fsp3) is 0.273. The standard InChI is InChI=1S/C11H13N3O2/c1-11(2)9(15)14(10(16)13-11)8-5-3-4-7(12)6-8/h3-6H,12H2,1-2H3,(H,13,16). The zero-order valence-corrected chi connectivity index (χ0v) is 9.15. The molecule has 1 fully saturated rings. The predicted octanol–water partition coefficient (Wildman–Crippen LogP) is 1.10. The minimum atomic E-state index is -0.859. The highest BCUT2D eigenvalue weighted by Crippen LogP contribution is 2.25. The Morgan fingerprint density at radius 1 is 1.31 bits per heavy atom. The second-order valence-electron chi connectivity index (χ2n) is 4.29. The maximum atomic E-state index is 12.0. The molecule has 0 saturated carbocycles. The fourth-order valence-corrected chi connectivity index (χ4v) is 1.65. The Morgan fingerprint density at radius 3 is 2.50 bits per heavy atom. The van der Waals surface area contributed by atoms with Gasteiger partial charge in [-0.3, -0.25) is 4.79 Å². The number of nitrogens with one attached hydrogen (secondary N) is 1. The second kappa shape index (κ2) is 3.23. The normalized spacial score (nSPS) is 18.8. The van der Waals surface area contributed by atoms with Gasteiger partial charge in [-0.1, -0.05) is 6.07 Å². The molecule has 84 valence electrons. The van der Waals surface area contributed by atoms with Crippen LogP contribution in [-0.4, -0.2) is 17.5 Å². The zero-order chi connectivity index (χ0) is 11.9. The number of anilines is 2. The van der Waals surface area contributed by atoms with E-state index in [0.29, 0.717) is 11.4 Å². The number of nitrogens with two attached hydrogens (primary N) is 1. The molecular formula is C11H13N3O2. The van der Waals surface area contributed by atoms with Gasteiger partial charge in [-0.25, -0.2) is 9.69 Å². The molecule has 0 spiro atoms. The molecule has 3 amide bonds. The van der Waals surface area contributed by atoms with Gasteiger partial charge in [0.2, 0.25) is 0 Å². The summed E-state index contributed by atoms with van der Waals surface area (Å²) < 4.78 is 0. The summed E-state index contributed by atoms with van der Waals surface area (Å²) in [6.07, 6.45) is 0. The van der Waals surface area contributed by atoms with Crippen LogP contribution in [0.25, 0.3) is 0 Å². The first-order chi connectivity index (χ1) is 7.42. The van der Waals surface area contributed by atoms with Crippen LogP contribution in [0.2, 0.25) is 0 Å². The number of rotatable bonds is 1. The Morgan fingerprint density at radius 2 is 2.00 bits per heavy atom. The Bertz CT molecular complexity index is 468. The Balaban J connectivity index is 2.43. The molecule has 0 aromatic heterocycles. The maximum absolute atomic E-state index is 12.0. The van der Waals surface area contributed by atoms with Gasteiger partial charge in [0.05, 0.1) is 5.69 Å². The molecular weight excluding hydrogens is 206 g/mol. The molecule has 0 unspecified atom stereocenters. The third kappa shape index (κ3) is 1.50. The number of amides is 3. The molecule has 5 nitrogen and oxygen atoms in total. The van der Waals surface area contributed by atoms with Crippen molar-refractivity contribution in [3.8, 4) is 0 Å². The number of imide groups is 1. The molecule has 1 heterocycles. The van der Waals surface area contributed by atoms with E-state index in [-0.39, 0.29) is 5.91 Å². The first-order valence-corrected chi connectivity index (χ1v) is 4.94. The molecule has 3 N–H and O–H groups in total. The van der Waals surface area contributed by atoms with Crippen molar-refractivity contribution in [3.63, 3.8) is 0 Å². The average Bonchev–Trinajstić information content (AvgIpc) is 2.36. The van der Waals surface area contributed by atoms with E-state index < -0.39 is 11.6 Å². The van der Waals surface area contributed by atoms with Crippen LogP contribution in [0.4, 0.5) is 16.2 Å². The molecule has 0 atom stereocenters. The zero-order valence-electron chi connectivity index (χ0n) is 9.15. The summed E-state index contributed by atoms with van der Waals surface area (Å²) in [6, 6.07) is 6.26. The second-order valence-corrected chi connectivity index (χ2v) is 4.29. The van der Waals surface area contributed by atoms with Gasteiger partial charge in [-0.2, -0.15) is 0 Å². The number of urea groups is 1. The van der Waals surface area contributed by atoms with E-state index in [1.165, 1.54) is 0 Å². The van der Waals surface area contributed by atoms with Crippen LogP contribution in [0.1, 0.15) is 13.8 Å². The first kappa shape index (κ1) is 10.5. The topological polar surface area (TPSA) is 75.4 Å². The van der Waals surface area contributed by atoms with Gasteiger partial charge < -0.3 is 11.1 Å². The largest absolute Gasteiger partial charge is 0.399 e. The maximum Gasteiger partial charge on any atom is 0.329 e. The molecule has 0 radical (unpaired) electrons. The molecule has 1 aliphatic heterocycles. The van der Waals surface area contributed by atoms with Gasteiger partial charge >= 0.3 is 6.03 Å². The number of benzene rings is 1. The molecule has 0 aliphatic carbocycles. The van der Waals surface area contributed by atoms with Gasteiger partial charge in [0, 0.05) is 5.69 Å².